The van der Waals surface area contributed by atoms with E-state index in [1.165, 1.54) is 10.2 Å². The molecule has 0 aliphatic heterocycles. The van der Waals surface area contributed by atoms with Crippen molar-refractivity contribution in [1.29, 1.82) is 0 Å². The first-order chi connectivity index (χ1) is 13.2. The van der Waals surface area contributed by atoms with E-state index in [4.69, 9.17) is 4.74 Å². The van der Waals surface area contributed by atoms with Crippen molar-refractivity contribution in [2.24, 2.45) is 0 Å². The highest BCUT2D eigenvalue weighted by atomic mass is 16.5. The number of rotatable bonds is 4. The predicted octanol–water partition coefficient (Wildman–Crippen LogP) is 3.86. The Morgan fingerprint density at radius 1 is 1.07 bits per heavy atom. The molecular formula is C21H24N4O2. The molecule has 1 aliphatic rings. The average molecular weight is 364 g/mol. The molecule has 0 N–H and O–H groups in total. The van der Waals surface area contributed by atoms with Gasteiger partial charge in [0.2, 0.25) is 0 Å². The molecule has 0 unspecified atom stereocenters. The van der Waals surface area contributed by atoms with Crippen molar-refractivity contribution in [1.82, 2.24) is 19.9 Å². The van der Waals surface area contributed by atoms with Crippen LogP contribution in [0.5, 0.6) is 0 Å². The highest BCUT2D eigenvalue weighted by Gasteiger charge is 2.28. The first-order valence-electron chi connectivity index (χ1n) is 9.45. The van der Waals surface area contributed by atoms with Crippen molar-refractivity contribution in [3.63, 3.8) is 0 Å². The van der Waals surface area contributed by atoms with Gasteiger partial charge in [0.25, 0.3) is 0 Å². The van der Waals surface area contributed by atoms with Crippen LogP contribution in [0.2, 0.25) is 0 Å². The molecule has 0 atom stereocenters. The second-order valence-corrected chi connectivity index (χ2v) is 7.11. The van der Waals surface area contributed by atoms with Gasteiger partial charge < -0.3 is 9.64 Å². The molecule has 1 heterocycles. The van der Waals surface area contributed by atoms with Crippen molar-refractivity contribution in [2.45, 2.75) is 44.4 Å². The van der Waals surface area contributed by atoms with E-state index in [2.05, 4.69) is 22.4 Å². The fourth-order valence-electron chi connectivity index (χ4n) is 3.70. The van der Waals surface area contributed by atoms with Gasteiger partial charge in [-0.15, -0.1) is 5.10 Å². The Hall–Kier alpha value is -2.73. The number of para-hydroxylation sites is 1. The van der Waals surface area contributed by atoms with Crippen LogP contribution in [-0.2, 0) is 11.3 Å². The summed E-state index contributed by atoms with van der Waals surface area (Å²) in [5, 5.41) is 8.12. The van der Waals surface area contributed by atoms with E-state index in [-0.39, 0.29) is 18.2 Å². The summed E-state index contributed by atoms with van der Waals surface area (Å²) < 4.78 is 7.45. The van der Waals surface area contributed by atoms with Gasteiger partial charge in [-0.1, -0.05) is 47.7 Å². The number of fused-ring (bicyclic) bond motifs is 1. The summed E-state index contributed by atoms with van der Waals surface area (Å²) in [4.78, 5) is 14.7. The average Bonchev–Trinajstić information content (AvgIpc) is 3.16. The number of amides is 1. The number of benzene rings is 2. The lowest BCUT2D eigenvalue weighted by atomic mass is 9.92. The maximum absolute atomic E-state index is 12.9. The van der Waals surface area contributed by atoms with Crippen LogP contribution in [0, 0.1) is 0 Å². The molecular weight excluding hydrogens is 340 g/mol. The number of aromatic nitrogens is 3. The number of hydrogen-bond acceptors (Lipinski definition) is 4. The standard InChI is InChI=1S/C21H24N4O2/c1-24(21(26)25-20-10-6-5-9-19(20)22-23-25)17-11-13-18(14-12-17)27-15-16-7-3-2-4-8-16/h2-10,17-18H,11-15H2,1H3. The minimum atomic E-state index is -0.127. The number of ether oxygens (including phenoxy) is 1. The van der Waals surface area contributed by atoms with Crippen LogP contribution in [-0.4, -0.2) is 45.1 Å². The van der Waals surface area contributed by atoms with Crippen LogP contribution in [0.3, 0.4) is 0 Å². The highest BCUT2D eigenvalue weighted by molar-refractivity contribution is 5.87. The second kappa shape index (κ2) is 7.88. The Bertz CT molecular complexity index is 901. The molecule has 1 saturated carbocycles. The molecule has 3 aromatic rings. The highest BCUT2D eigenvalue weighted by Crippen LogP contribution is 2.26. The molecule has 2 aromatic carbocycles. The van der Waals surface area contributed by atoms with E-state index in [1.807, 2.05) is 49.5 Å². The Balaban J connectivity index is 1.33. The molecule has 1 fully saturated rings. The molecule has 27 heavy (non-hydrogen) atoms. The fraction of sp³-hybridized carbons (Fsp3) is 0.381. The van der Waals surface area contributed by atoms with Gasteiger partial charge in [-0.3, -0.25) is 0 Å². The van der Waals surface area contributed by atoms with E-state index in [1.54, 1.807) is 4.90 Å². The molecule has 0 radical (unpaired) electrons. The molecule has 6 heteroatoms. The Morgan fingerprint density at radius 2 is 1.78 bits per heavy atom. The maximum Gasteiger partial charge on any atom is 0.346 e. The predicted molar refractivity (Wildman–Crippen MR) is 103 cm³/mol. The maximum atomic E-state index is 12.9. The van der Waals surface area contributed by atoms with Gasteiger partial charge in [0, 0.05) is 13.1 Å². The van der Waals surface area contributed by atoms with Gasteiger partial charge in [-0.25, -0.2) is 4.79 Å². The normalized spacial score (nSPS) is 19.9. The number of carbonyl (C=O) groups is 1. The smallest absolute Gasteiger partial charge is 0.346 e. The topological polar surface area (TPSA) is 60.2 Å². The molecule has 0 spiro atoms. The van der Waals surface area contributed by atoms with E-state index in [0.29, 0.717) is 6.61 Å². The fourth-order valence-corrected chi connectivity index (χ4v) is 3.70. The quantitative estimate of drug-likeness (QED) is 0.705. The van der Waals surface area contributed by atoms with Gasteiger partial charge in [-0.2, -0.15) is 4.68 Å². The lowest BCUT2D eigenvalue weighted by Gasteiger charge is -2.34. The Morgan fingerprint density at radius 3 is 2.56 bits per heavy atom. The van der Waals surface area contributed by atoms with E-state index < -0.39 is 0 Å². The summed E-state index contributed by atoms with van der Waals surface area (Å²) >= 11 is 0. The third kappa shape index (κ3) is 3.85. The zero-order valence-corrected chi connectivity index (χ0v) is 15.5. The zero-order valence-electron chi connectivity index (χ0n) is 15.5. The first kappa shape index (κ1) is 17.7. The third-order valence-electron chi connectivity index (χ3n) is 5.35. The summed E-state index contributed by atoms with van der Waals surface area (Å²) in [5.41, 5.74) is 2.68. The van der Waals surface area contributed by atoms with Crippen molar-refractivity contribution in [3.8, 4) is 0 Å². The van der Waals surface area contributed by atoms with Gasteiger partial charge in [-0.05, 0) is 43.4 Å². The minimum absolute atomic E-state index is 0.127. The van der Waals surface area contributed by atoms with E-state index in [9.17, 15) is 4.79 Å². The van der Waals surface area contributed by atoms with Crippen LogP contribution in [0.4, 0.5) is 4.79 Å². The lowest BCUT2D eigenvalue weighted by molar-refractivity contribution is 0.00396. The van der Waals surface area contributed by atoms with E-state index >= 15 is 0 Å². The summed E-state index contributed by atoms with van der Waals surface area (Å²) in [5.74, 6) is 0. The van der Waals surface area contributed by atoms with Gasteiger partial charge in [0.1, 0.15) is 5.52 Å². The third-order valence-corrected chi connectivity index (χ3v) is 5.35. The van der Waals surface area contributed by atoms with Crippen LogP contribution in [0.1, 0.15) is 31.2 Å². The largest absolute Gasteiger partial charge is 0.374 e. The number of hydrogen-bond donors (Lipinski definition) is 0. The minimum Gasteiger partial charge on any atom is -0.374 e. The summed E-state index contributed by atoms with van der Waals surface area (Å²) in [6.45, 7) is 0.649. The molecule has 6 nitrogen and oxygen atoms in total. The van der Waals surface area contributed by atoms with E-state index in [0.717, 1.165) is 36.7 Å². The van der Waals surface area contributed by atoms with Crippen molar-refractivity contribution < 1.29 is 9.53 Å². The van der Waals surface area contributed by atoms with Gasteiger partial charge >= 0.3 is 6.03 Å². The molecule has 1 aromatic heterocycles. The van der Waals surface area contributed by atoms with Crippen molar-refractivity contribution >= 4 is 17.1 Å². The van der Waals surface area contributed by atoms with Gasteiger partial charge in [0.05, 0.1) is 18.2 Å². The van der Waals surface area contributed by atoms with Crippen LogP contribution in [0.15, 0.2) is 54.6 Å². The number of carbonyl (C=O) groups excluding carboxylic acids is 1. The second-order valence-electron chi connectivity index (χ2n) is 7.11. The summed E-state index contributed by atoms with van der Waals surface area (Å²) in [6.07, 6.45) is 4.07. The number of nitrogens with zero attached hydrogens (tertiary/aromatic N) is 4. The van der Waals surface area contributed by atoms with Crippen molar-refractivity contribution in [3.05, 3.63) is 60.2 Å². The molecule has 1 amide bonds. The molecule has 140 valence electrons. The summed E-state index contributed by atoms with van der Waals surface area (Å²) in [7, 11) is 1.86. The lowest BCUT2D eigenvalue weighted by Crippen LogP contribution is -2.43. The monoisotopic (exact) mass is 364 g/mol. The van der Waals surface area contributed by atoms with Gasteiger partial charge in [0.15, 0.2) is 0 Å². The molecule has 4 rings (SSSR count). The molecule has 0 saturated heterocycles. The molecule has 0 bridgehead atoms. The SMILES string of the molecule is CN(C(=O)n1nnc2ccccc21)C1CCC(OCc2ccccc2)CC1. The zero-order chi connectivity index (χ0) is 18.6. The Kier molecular flexibility index (Phi) is 5.16. The van der Waals surface area contributed by atoms with Crippen LogP contribution >= 0.6 is 0 Å². The van der Waals surface area contributed by atoms with Crippen LogP contribution < -0.4 is 0 Å². The van der Waals surface area contributed by atoms with Crippen molar-refractivity contribution in [2.75, 3.05) is 7.05 Å². The first-order valence-corrected chi connectivity index (χ1v) is 9.45. The molecule has 1 aliphatic carbocycles. The summed E-state index contributed by atoms with van der Waals surface area (Å²) in [6, 6.07) is 17.8. The Labute approximate surface area is 158 Å². The van der Waals surface area contributed by atoms with Crippen LogP contribution in [0.25, 0.3) is 11.0 Å².